The van der Waals surface area contributed by atoms with Crippen LogP contribution >= 0.6 is 0 Å². The minimum absolute atomic E-state index is 0.0587. The molecular formula is C12H19N3O. The van der Waals surface area contributed by atoms with Gasteiger partial charge in [-0.2, -0.15) is 0 Å². The van der Waals surface area contributed by atoms with Crippen molar-refractivity contribution < 1.29 is 4.79 Å². The molecule has 1 atom stereocenters. The number of carbonyl (C=O) groups excluding carboxylic acids is 1. The van der Waals surface area contributed by atoms with Crippen molar-refractivity contribution >= 4 is 11.7 Å². The van der Waals surface area contributed by atoms with Gasteiger partial charge in [-0.15, -0.1) is 0 Å². The molecule has 0 aromatic carbocycles. The van der Waals surface area contributed by atoms with Crippen molar-refractivity contribution in [3.8, 4) is 0 Å². The fourth-order valence-corrected chi connectivity index (χ4v) is 1.14. The molecule has 1 heterocycles. The van der Waals surface area contributed by atoms with Gasteiger partial charge >= 0.3 is 0 Å². The van der Waals surface area contributed by atoms with Crippen molar-refractivity contribution in [2.75, 3.05) is 11.9 Å². The number of hydrogen-bond donors (Lipinski definition) is 2. The number of aryl methyl sites for hydroxylation is 1. The molecule has 0 spiro atoms. The summed E-state index contributed by atoms with van der Waals surface area (Å²) in [5, 5.41) is 5.86. The second-order valence-corrected chi connectivity index (χ2v) is 3.96. The zero-order valence-corrected chi connectivity index (χ0v) is 10.1. The highest BCUT2D eigenvalue weighted by Gasteiger charge is 2.04. The normalized spacial score (nSPS) is 12.2. The Morgan fingerprint density at radius 2 is 2.25 bits per heavy atom. The summed E-state index contributed by atoms with van der Waals surface area (Å²) in [5.74, 6) is 0.540. The molecule has 16 heavy (non-hydrogen) atoms. The number of anilines is 1. The van der Waals surface area contributed by atoms with Gasteiger partial charge in [-0.25, -0.2) is 4.98 Å². The van der Waals surface area contributed by atoms with Crippen LogP contribution in [-0.2, 0) is 4.79 Å². The molecule has 0 fully saturated rings. The Morgan fingerprint density at radius 1 is 1.50 bits per heavy atom. The molecule has 1 amide bonds. The molecule has 0 saturated heterocycles. The highest BCUT2D eigenvalue weighted by molar-refractivity contribution is 5.91. The summed E-state index contributed by atoms with van der Waals surface area (Å²) in [6.45, 7) is 6.42. The highest BCUT2D eigenvalue weighted by Crippen LogP contribution is 2.03. The number of rotatable bonds is 5. The zero-order chi connectivity index (χ0) is 12.0. The summed E-state index contributed by atoms with van der Waals surface area (Å²) in [4.78, 5) is 15.6. The van der Waals surface area contributed by atoms with Gasteiger partial charge in [0.05, 0.1) is 6.54 Å². The lowest BCUT2D eigenvalue weighted by atomic mass is 10.2. The first-order valence-corrected chi connectivity index (χ1v) is 5.57. The molecule has 0 saturated carbocycles. The van der Waals surface area contributed by atoms with Crippen molar-refractivity contribution in [3.63, 3.8) is 0 Å². The van der Waals surface area contributed by atoms with E-state index in [0.717, 1.165) is 12.0 Å². The van der Waals surface area contributed by atoms with E-state index in [9.17, 15) is 4.79 Å². The number of nitrogens with one attached hydrogen (secondary N) is 2. The number of aromatic nitrogens is 1. The van der Waals surface area contributed by atoms with Crippen LogP contribution in [0.4, 0.5) is 5.82 Å². The van der Waals surface area contributed by atoms with Crippen LogP contribution < -0.4 is 10.6 Å². The Labute approximate surface area is 96.5 Å². The molecule has 0 bridgehead atoms. The molecule has 1 aromatic rings. The molecule has 1 aromatic heterocycles. The van der Waals surface area contributed by atoms with Crippen LogP contribution in [-0.4, -0.2) is 23.5 Å². The Balaban J connectivity index is 2.37. The van der Waals surface area contributed by atoms with Gasteiger partial charge in [-0.1, -0.05) is 13.0 Å². The lowest BCUT2D eigenvalue weighted by Crippen LogP contribution is -2.34. The van der Waals surface area contributed by atoms with Crippen molar-refractivity contribution in [1.82, 2.24) is 10.3 Å². The number of hydrogen-bond acceptors (Lipinski definition) is 3. The number of amides is 1. The van der Waals surface area contributed by atoms with Gasteiger partial charge in [-0.3, -0.25) is 4.79 Å². The smallest absolute Gasteiger partial charge is 0.239 e. The van der Waals surface area contributed by atoms with E-state index in [2.05, 4.69) is 29.5 Å². The van der Waals surface area contributed by atoms with Gasteiger partial charge in [0, 0.05) is 12.2 Å². The monoisotopic (exact) mass is 221 g/mol. The van der Waals surface area contributed by atoms with E-state index >= 15 is 0 Å². The summed E-state index contributed by atoms with van der Waals surface area (Å²) >= 11 is 0. The summed E-state index contributed by atoms with van der Waals surface area (Å²) in [6.07, 6.45) is 2.74. The lowest BCUT2D eigenvalue weighted by Gasteiger charge is -2.10. The Hall–Kier alpha value is -1.42. The standard InChI is InChI=1S/C12H19N3O/c1-4-10(3)13-8-12(16)15-11-6-5-9(2)7-14-11/h5-7,10,13H,4,8H2,1-3H3,(H,14,15,16). The van der Waals surface area contributed by atoms with E-state index in [0.29, 0.717) is 18.4 Å². The molecule has 0 radical (unpaired) electrons. The molecule has 0 aliphatic heterocycles. The zero-order valence-electron chi connectivity index (χ0n) is 10.1. The summed E-state index contributed by atoms with van der Waals surface area (Å²) in [6, 6.07) is 4.08. The number of pyridine rings is 1. The fraction of sp³-hybridized carbons (Fsp3) is 0.500. The van der Waals surface area contributed by atoms with E-state index < -0.39 is 0 Å². The first-order chi connectivity index (χ1) is 7.61. The molecule has 0 aliphatic carbocycles. The van der Waals surface area contributed by atoms with Gasteiger partial charge in [0.1, 0.15) is 5.82 Å². The number of nitrogens with zero attached hydrogens (tertiary/aromatic N) is 1. The quantitative estimate of drug-likeness (QED) is 0.796. The largest absolute Gasteiger partial charge is 0.310 e. The molecule has 0 aliphatic rings. The average molecular weight is 221 g/mol. The van der Waals surface area contributed by atoms with Crippen LogP contribution in [0.3, 0.4) is 0 Å². The molecular weight excluding hydrogens is 202 g/mol. The highest BCUT2D eigenvalue weighted by atomic mass is 16.1. The van der Waals surface area contributed by atoms with E-state index in [1.54, 1.807) is 12.3 Å². The van der Waals surface area contributed by atoms with Gasteiger partial charge in [-0.05, 0) is 31.9 Å². The second-order valence-electron chi connectivity index (χ2n) is 3.96. The maximum Gasteiger partial charge on any atom is 0.239 e. The predicted octanol–water partition coefficient (Wildman–Crippen LogP) is 1.72. The summed E-state index contributed by atoms with van der Waals surface area (Å²) in [7, 11) is 0. The van der Waals surface area contributed by atoms with E-state index in [1.807, 2.05) is 13.0 Å². The molecule has 1 unspecified atom stereocenters. The molecule has 2 N–H and O–H groups in total. The minimum atomic E-state index is -0.0587. The van der Waals surface area contributed by atoms with Crippen LogP contribution in [0.5, 0.6) is 0 Å². The molecule has 4 nitrogen and oxygen atoms in total. The first kappa shape index (κ1) is 12.6. The van der Waals surface area contributed by atoms with Crippen molar-refractivity contribution in [2.45, 2.75) is 33.2 Å². The third-order valence-electron chi connectivity index (χ3n) is 2.40. The average Bonchev–Trinajstić information content (AvgIpc) is 2.29. The maximum atomic E-state index is 11.5. The lowest BCUT2D eigenvalue weighted by molar-refractivity contribution is -0.115. The van der Waals surface area contributed by atoms with E-state index in [1.165, 1.54) is 0 Å². The summed E-state index contributed by atoms with van der Waals surface area (Å²) in [5.41, 5.74) is 1.08. The number of carbonyl (C=O) groups is 1. The van der Waals surface area contributed by atoms with Crippen molar-refractivity contribution in [1.29, 1.82) is 0 Å². The minimum Gasteiger partial charge on any atom is -0.310 e. The molecule has 4 heteroatoms. The first-order valence-electron chi connectivity index (χ1n) is 5.57. The van der Waals surface area contributed by atoms with Gasteiger partial charge in [0.15, 0.2) is 0 Å². The summed E-state index contributed by atoms with van der Waals surface area (Å²) < 4.78 is 0. The Bertz CT molecular complexity index is 335. The van der Waals surface area contributed by atoms with Crippen molar-refractivity contribution in [3.05, 3.63) is 23.9 Å². The predicted molar refractivity (Wildman–Crippen MR) is 65.4 cm³/mol. The van der Waals surface area contributed by atoms with Crippen LogP contribution in [0, 0.1) is 6.92 Å². The topological polar surface area (TPSA) is 54.0 Å². The van der Waals surface area contributed by atoms with E-state index in [4.69, 9.17) is 0 Å². The second kappa shape index (κ2) is 6.23. The maximum absolute atomic E-state index is 11.5. The third-order valence-corrected chi connectivity index (χ3v) is 2.40. The molecule has 88 valence electrons. The Kier molecular flexibility index (Phi) is 4.92. The van der Waals surface area contributed by atoms with Gasteiger partial charge in [0.2, 0.25) is 5.91 Å². The Morgan fingerprint density at radius 3 is 2.81 bits per heavy atom. The molecule has 1 rings (SSSR count). The van der Waals surface area contributed by atoms with Gasteiger partial charge < -0.3 is 10.6 Å². The fourth-order valence-electron chi connectivity index (χ4n) is 1.14. The SMILES string of the molecule is CCC(C)NCC(=O)Nc1ccc(C)cn1. The van der Waals surface area contributed by atoms with Crippen LogP contribution in [0.2, 0.25) is 0 Å². The van der Waals surface area contributed by atoms with Crippen LogP contribution in [0.25, 0.3) is 0 Å². The van der Waals surface area contributed by atoms with Crippen LogP contribution in [0.15, 0.2) is 18.3 Å². The van der Waals surface area contributed by atoms with Crippen LogP contribution in [0.1, 0.15) is 25.8 Å². The van der Waals surface area contributed by atoms with Crippen molar-refractivity contribution in [2.24, 2.45) is 0 Å². The third kappa shape index (κ3) is 4.40. The van der Waals surface area contributed by atoms with Gasteiger partial charge in [0.25, 0.3) is 0 Å². The van der Waals surface area contributed by atoms with E-state index in [-0.39, 0.29) is 5.91 Å².